The number of aryl methyl sites for hydroxylation is 2. The van der Waals surface area contributed by atoms with Gasteiger partial charge in [-0.3, -0.25) is 0 Å². The van der Waals surface area contributed by atoms with Gasteiger partial charge in [-0.1, -0.05) is 42.5 Å². The van der Waals surface area contributed by atoms with E-state index in [4.69, 9.17) is 0 Å². The van der Waals surface area contributed by atoms with Gasteiger partial charge in [0.15, 0.2) is 0 Å². The van der Waals surface area contributed by atoms with E-state index in [9.17, 15) is 9.90 Å². The molecule has 0 aromatic heterocycles. The van der Waals surface area contributed by atoms with Gasteiger partial charge in [-0.2, -0.15) is 0 Å². The van der Waals surface area contributed by atoms with Crippen molar-refractivity contribution in [1.82, 2.24) is 0 Å². The first-order valence-electron chi connectivity index (χ1n) is 7.97. The quantitative estimate of drug-likeness (QED) is 0.573. The van der Waals surface area contributed by atoms with Crippen molar-refractivity contribution in [2.24, 2.45) is 0 Å². The van der Waals surface area contributed by atoms with Crippen LogP contribution in [0.2, 0.25) is 0 Å². The SMILES string of the molecule is Cc1cc(C)cc(SNc2cc(-c3ccccc3)ccc2C(=O)O)c1. The fourth-order valence-corrected chi connectivity index (χ4v) is 3.62. The molecule has 0 heterocycles. The Balaban J connectivity index is 1.91. The average Bonchev–Trinajstić information content (AvgIpc) is 2.59. The van der Waals surface area contributed by atoms with Crippen molar-refractivity contribution >= 4 is 23.6 Å². The second-order valence-electron chi connectivity index (χ2n) is 5.96. The molecule has 2 N–H and O–H groups in total. The molecule has 3 aromatic carbocycles. The smallest absolute Gasteiger partial charge is 0.337 e. The van der Waals surface area contributed by atoms with Gasteiger partial charge in [0.2, 0.25) is 0 Å². The van der Waals surface area contributed by atoms with Gasteiger partial charge in [0.1, 0.15) is 0 Å². The first kappa shape index (κ1) is 17.1. The molecule has 4 heteroatoms. The number of carboxylic acid groups (broad SMARTS) is 1. The zero-order valence-corrected chi connectivity index (χ0v) is 14.9. The normalized spacial score (nSPS) is 10.5. The van der Waals surface area contributed by atoms with Gasteiger partial charge in [0, 0.05) is 4.90 Å². The van der Waals surface area contributed by atoms with Crippen LogP contribution in [0.5, 0.6) is 0 Å². The summed E-state index contributed by atoms with van der Waals surface area (Å²) in [6, 6.07) is 21.6. The molecule has 25 heavy (non-hydrogen) atoms. The number of aromatic carboxylic acids is 1. The van der Waals surface area contributed by atoms with Gasteiger partial charge in [-0.05, 0) is 72.3 Å². The molecule has 0 radical (unpaired) electrons. The molecule has 0 aliphatic carbocycles. The molecule has 3 nitrogen and oxygen atoms in total. The summed E-state index contributed by atoms with van der Waals surface area (Å²) >= 11 is 1.42. The van der Waals surface area contributed by atoms with Crippen LogP contribution in [-0.2, 0) is 0 Å². The van der Waals surface area contributed by atoms with Gasteiger partial charge in [0.05, 0.1) is 11.3 Å². The summed E-state index contributed by atoms with van der Waals surface area (Å²) in [6.45, 7) is 4.10. The van der Waals surface area contributed by atoms with E-state index in [1.54, 1.807) is 6.07 Å². The second kappa shape index (κ2) is 7.45. The van der Waals surface area contributed by atoms with E-state index in [0.717, 1.165) is 16.0 Å². The molecule has 0 spiro atoms. The van der Waals surface area contributed by atoms with Crippen LogP contribution in [-0.4, -0.2) is 11.1 Å². The molecule has 0 fully saturated rings. The minimum Gasteiger partial charge on any atom is -0.478 e. The van der Waals surface area contributed by atoms with Crippen LogP contribution in [0.3, 0.4) is 0 Å². The van der Waals surface area contributed by atoms with E-state index in [1.807, 2.05) is 42.5 Å². The standard InChI is InChI=1S/C21H19NO2S/c1-14-10-15(2)12-18(11-14)25-22-20-13-17(8-9-19(20)21(23)24)16-6-4-3-5-7-16/h3-13,22H,1-2H3,(H,23,24). The number of benzene rings is 3. The predicted molar refractivity (Wildman–Crippen MR) is 104 cm³/mol. The highest BCUT2D eigenvalue weighted by atomic mass is 32.2. The van der Waals surface area contributed by atoms with Crippen LogP contribution < -0.4 is 4.72 Å². The highest BCUT2D eigenvalue weighted by Gasteiger charge is 2.12. The maximum atomic E-state index is 11.5. The maximum Gasteiger partial charge on any atom is 0.337 e. The van der Waals surface area contributed by atoms with Gasteiger partial charge in [0.25, 0.3) is 0 Å². The van der Waals surface area contributed by atoms with Gasteiger partial charge >= 0.3 is 5.97 Å². The topological polar surface area (TPSA) is 49.3 Å². The molecule has 0 unspecified atom stereocenters. The Morgan fingerprint density at radius 2 is 1.56 bits per heavy atom. The Morgan fingerprint density at radius 1 is 0.880 bits per heavy atom. The monoisotopic (exact) mass is 349 g/mol. The fraction of sp³-hybridized carbons (Fsp3) is 0.0952. The molecule has 3 rings (SSSR count). The average molecular weight is 349 g/mol. The van der Waals surface area contributed by atoms with Crippen LogP contribution in [0, 0.1) is 13.8 Å². The van der Waals surface area contributed by atoms with Crippen molar-refractivity contribution in [3.05, 3.63) is 83.4 Å². The van der Waals surface area contributed by atoms with Crippen molar-refractivity contribution in [1.29, 1.82) is 0 Å². The largest absolute Gasteiger partial charge is 0.478 e. The third-order valence-electron chi connectivity index (χ3n) is 3.83. The minimum atomic E-state index is -0.942. The number of anilines is 1. The summed E-state index contributed by atoms with van der Waals surface area (Å²) in [5.41, 5.74) is 5.25. The van der Waals surface area contributed by atoms with E-state index in [0.29, 0.717) is 5.69 Å². The summed E-state index contributed by atoms with van der Waals surface area (Å²) in [5, 5.41) is 9.46. The predicted octanol–water partition coefficient (Wildman–Crippen LogP) is 5.79. The van der Waals surface area contributed by atoms with Gasteiger partial charge in [-0.15, -0.1) is 0 Å². The lowest BCUT2D eigenvalue weighted by atomic mass is 10.0. The lowest BCUT2D eigenvalue weighted by Crippen LogP contribution is -2.02. The maximum absolute atomic E-state index is 11.5. The lowest BCUT2D eigenvalue weighted by Gasteiger charge is -2.12. The van der Waals surface area contributed by atoms with Crippen LogP contribution in [0.1, 0.15) is 21.5 Å². The van der Waals surface area contributed by atoms with Crippen LogP contribution in [0.25, 0.3) is 11.1 Å². The Kier molecular flexibility index (Phi) is 5.10. The van der Waals surface area contributed by atoms with Crippen LogP contribution in [0.4, 0.5) is 5.69 Å². The highest BCUT2D eigenvalue weighted by Crippen LogP contribution is 2.30. The van der Waals surface area contributed by atoms with Crippen molar-refractivity contribution in [2.75, 3.05) is 4.72 Å². The molecular weight excluding hydrogens is 330 g/mol. The Bertz CT molecular complexity index is 887. The van der Waals surface area contributed by atoms with Crippen LogP contribution >= 0.6 is 11.9 Å². The molecule has 0 aliphatic heterocycles. The van der Waals surface area contributed by atoms with Crippen molar-refractivity contribution in [2.45, 2.75) is 18.7 Å². The Hall–Kier alpha value is -2.72. The van der Waals surface area contributed by atoms with E-state index < -0.39 is 5.97 Å². The Morgan fingerprint density at radius 3 is 2.20 bits per heavy atom. The fourth-order valence-electron chi connectivity index (χ4n) is 2.73. The molecule has 0 bridgehead atoms. The van der Waals surface area contributed by atoms with E-state index in [-0.39, 0.29) is 5.56 Å². The number of hydrogen-bond acceptors (Lipinski definition) is 3. The molecule has 3 aromatic rings. The number of rotatable bonds is 5. The van der Waals surface area contributed by atoms with Gasteiger partial charge < -0.3 is 9.83 Å². The number of carboxylic acids is 1. The summed E-state index contributed by atoms with van der Waals surface area (Å²) in [5.74, 6) is -0.942. The zero-order chi connectivity index (χ0) is 17.8. The van der Waals surface area contributed by atoms with Crippen molar-refractivity contribution in [3.8, 4) is 11.1 Å². The lowest BCUT2D eigenvalue weighted by molar-refractivity contribution is 0.0698. The number of nitrogens with one attached hydrogen (secondary N) is 1. The molecule has 0 amide bonds. The molecular formula is C21H19NO2S. The van der Waals surface area contributed by atoms with E-state index >= 15 is 0 Å². The molecule has 0 saturated carbocycles. The Labute approximate surface area is 151 Å². The molecule has 126 valence electrons. The summed E-state index contributed by atoms with van der Waals surface area (Å²) in [4.78, 5) is 12.6. The number of carbonyl (C=O) groups is 1. The number of hydrogen-bond donors (Lipinski definition) is 2. The first-order valence-corrected chi connectivity index (χ1v) is 8.78. The van der Waals surface area contributed by atoms with Gasteiger partial charge in [-0.25, -0.2) is 4.79 Å². The van der Waals surface area contributed by atoms with E-state index in [1.165, 1.54) is 23.1 Å². The zero-order valence-electron chi connectivity index (χ0n) is 14.1. The third kappa shape index (κ3) is 4.22. The second-order valence-corrected chi connectivity index (χ2v) is 6.84. The molecule has 0 saturated heterocycles. The molecule has 0 atom stereocenters. The van der Waals surface area contributed by atoms with E-state index in [2.05, 4.69) is 36.8 Å². The third-order valence-corrected chi connectivity index (χ3v) is 4.62. The van der Waals surface area contributed by atoms with Crippen molar-refractivity contribution < 1.29 is 9.90 Å². The summed E-state index contributed by atoms with van der Waals surface area (Å²) in [7, 11) is 0. The summed E-state index contributed by atoms with van der Waals surface area (Å²) < 4.78 is 3.21. The summed E-state index contributed by atoms with van der Waals surface area (Å²) in [6.07, 6.45) is 0. The van der Waals surface area contributed by atoms with Crippen LogP contribution in [0.15, 0.2) is 71.6 Å². The minimum absolute atomic E-state index is 0.261. The molecule has 0 aliphatic rings. The van der Waals surface area contributed by atoms with Crippen molar-refractivity contribution in [3.63, 3.8) is 0 Å². The first-order chi connectivity index (χ1) is 12.0. The highest BCUT2D eigenvalue weighted by molar-refractivity contribution is 8.00.